The highest BCUT2D eigenvalue weighted by atomic mass is 16.5. The van der Waals surface area contributed by atoms with Crippen molar-refractivity contribution in [3.63, 3.8) is 0 Å². The second kappa shape index (κ2) is 6.53. The molecule has 1 amide bonds. The summed E-state index contributed by atoms with van der Waals surface area (Å²) in [5.74, 6) is -0.165. The van der Waals surface area contributed by atoms with Crippen molar-refractivity contribution >= 4 is 12.0 Å². The molecule has 0 fully saturated rings. The fourth-order valence-electron chi connectivity index (χ4n) is 1.20. The summed E-state index contributed by atoms with van der Waals surface area (Å²) in [5.41, 5.74) is 0.293. The van der Waals surface area contributed by atoms with Crippen LogP contribution in [0.4, 0.5) is 0 Å². The minimum absolute atomic E-state index is 0.293. The summed E-state index contributed by atoms with van der Waals surface area (Å²) in [4.78, 5) is 24.5. The van der Waals surface area contributed by atoms with Gasteiger partial charge in [-0.25, -0.2) is 4.79 Å². The smallest absolute Gasteiger partial charge is 0.291 e. The summed E-state index contributed by atoms with van der Waals surface area (Å²) in [6.07, 6.45) is 3.16. The highest BCUT2D eigenvalue weighted by Gasteiger charge is 2.10. The molecule has 0 spiro atoms. The van der Waals surface area contributed by atoms with Gasteiger partial charge >= 0.3 is 0 Å². The summed E-state index contributed by atoms with van der Waals surface area (Å²) >= 11 is 0. The van der Waals surface area contributed by atoms with Crippen LogP contribution in [0.15, 0.2) is 29.3 Å². The van der Waals surface area contributed by atoms with Crippen LogP contribution in [0.2, 0.25) is 0 Å². The van der Waals surface area contributed by atoms with Gasteiger partial charge in [-0.2, -0.15) is 0 Å². The van der Waals surface area contributed by atoms with Crippen LogP contribution in [0.25, 0.3) is 0 Å². The van der Waals surface area contributed by atoms with E-state index in [1.165, 1.54) is 6.08 Å². The van der Waals surface area contributed by atoms with Gasteiger partial charge in [0.1, 0.15) is 5.75 Å². The zero-order valence-electron chi connectivity index (χ0n) is 9.10. The van der Waals surface area contributed by atoms with Crippen molar-refractivity contribution in [1.29, 1.82) is 0 Å². The van der Waals surface area contributed by atoms with E-state index in [1.807, 2.05) is 0 Å². The van der Waals surface area contributed by atoms with Gasteiger partial charge in [0.15, 0.2) is 0 Å². The summed E-state index contributed by atoms with van der Waals surface area (Å²) in [6.45, 7) is 2.60. The maximum Gasteiger partial charge on any atom is 0.291 e. The third-order valence-corrected chi connectivity index (χ3v) is 2.02. The number of ether oxygens (including phenoxy) is 1. The molecule has 4 nitrogen and oxygen atoms in total. The molecule has 0 saturated heterocycles. The second-order valence-electron chi connectivity index (χ2n) is 3.21. The number of isocyanates is 1. The lowest BCUT2D eigenvalue weighted by molar-refractivity contribution is 0.0999. The monoisotopic (exact) mass is 219 g/mol. The molecule has 0 atom stereocenters. The zero-order valence-corrected chi connectivity index (χ0v) is 9.10. The molecule has 0 aliphatic heterocycles. The van der Waals surface area contributed by atoms with E-state index < -0.39 is 5.91 Å². The Labute approximate surface area is 94.0 Å². The molecular weight excluding hydrogens is 206 g/mol. The fraction of sp³-hybridized carbons (Fsp3) is 0.333. The molecule has 1 aromatic carbocycles. The lowest BCUT2D eigenvalue weighted by Gasteiger charge is -2.07. The normalized spacial score (nSPS) is 9.31. The number of nitrogens with zero attached hydrogens (tertiary/aromatic N) is 1. The Morgan fingerprint density at radius 1 is 1.44 bits per heavy atom. The molecule has 0 saturated carbocycles. The first-order valence-corrected chi connectivity index (χ1v) is 5.13. The topological polar surface area (TPSA) is 55.7 Å². The highest BCUT2D eigenvalue weighted by Crippen LogP contribution is 2.19. The van der Waals surface area contributed by atoms with Crippen molar-refractivity contribution in [2.75, 3.05) is 6.61 Å². The molecule has 84 valence electrons. The zero-order chi connectivity index (χ0) is 11.8. The molecule has 0 bridgehead atoms. The number of rotatable bonds is 5. The second-order valence-corrected chi connectivity index (χ2v) is 3.21. The van der Waals surface area contributed by atoms with Crippen LogP contribution >= 0.6 is 0 Å². The minimum Gasteiger partial charge on any atom is -0.493 e. The van der Waals surface area contributed by atoms with E-state index in [2.05, 4.69) is 11.9 Å². The van der Waals surface area contributed by atoms with E-state index in [0.717, 1.165) is 12.8 Å². The molecule has 0 unspecified atom stereocenters. The van der Waals surface area contributed by atoms with Crippen molar-refractivity contribution in [3.05, 3.63) is 29.8 Å². The van der Waals surface area contributed by atoms with E-state index in [1.54, 1.807) is 24.3 Å². The van der Waals surface area contributed by atoms with Crippen LogP contribution in [-0.2, 0) is 4.79 Å². The van der Waals surface area contributed by atoms with Gasteiger partial charge in [-0.15, -0.1) is 4.99 Å². The number of carbonyl (C=O) groups is 1. The number of benzene rings is 1. The van der Waals surface area contributed by atoms with Gasteiger partial charge in [0.05, 0.1) is 12.2 Å². The van der Waals surface area contributed by atoms with Crippen molar-refractivity contribution in [2.24, 2.45) is 4.99 Å². The number of hydrogen-bond donors (Lipinski definition) is 0. The predicted molar refractivity (Wildman–Crippen MR) is 59.3 cm³/mol. The first kappa shape index (κ1) is 12.1. The van der Waals surface area contributed by atoms with E-state index in [4.69, 9.17) is 4.74 Å². The summed E-state index contributed by atoms with van der Waals surface area (Å²) in [5, 5.41) is 0. The van der Waals surface area contributed by atoms with Gasteiger partial charge < -0.3 is 4.74 Å². The number of unbranched alkanes of at least 4 members (excludes halogenated alkanes) is 1. The average molecular weight is 219 g/mol. The number of amides is 1. The van der Waals surface area contributed by atoms with E-state index in [-0.39, 0.29) is 0 Å². The lowest BCUT2D eigenvalue weighted by Crippen LogP contribution is -2.03. The van der Waals surface area contributed by atoms with Crippen molar-refractivity contribution in [3.8, 4) is 5.75 Å². The number of para-hydroxylation sites is 1. The molecule has 0 radical (unpaired) electrons. The van der Waals surface area contributed by atoms with Crippen molar-refractivity contribution in [1.82, 2.24) is 0 Å². The maximum absolute atomic E-state index is 11.4. The molecular formula is C12H13NO3. The summed E-state index contributed by atoms with van der Waals surface area (Å²) < 4.78 is 5.43. The van der Waals surface area contributed by atoms with Gasteiger partial charge in [-0.05, 0) is 18.6 Å². The first-order chi connectivity index (χ1) is 7.79. The third kappa shape index (κ3) is 3.33. The van der Waals surface area contributed by atoms with Gasteiger partial charge in [-0.3, -0.25) is 4.79 Å². The quantitative estimate of drug-likeness (QED) is 0.434. The van der Waals surface area contributed by atoms with E-state index in [0.29, 0.717) is 17.9 Å². The van der Waals surface area contributed by atoms with Crippen LogP contribution in [0.5, 0.6) is 5.75 Å². The summed E-state index contributed by atoms with van der Waals surface area (Å²) in [6, 6.07) is 6.72. The van der Waals surface area contributed by atoms with Crippen LogP contribution in [0, 0.1) is 0 Å². The summed E-state index contributed by atoms with van der Waals surface area (Å²) in [7, 11) is 0. The Hall–Kier alpha value is -1.93. The van der Waals surface area contributed by atoms with E-state index in [9.17, 15) is 9.59 Å². The average Bonchev–Trinajstić information content (AvgIpc) is 2.30. The molecule has 0 aliphatic rings. The Morgan fingerprint density at radius 3 is 2.88 bits per heavy atom. The van der Waals surface area contributed by atoms with Crippen molar-refractivity contribution < 1.29 is 14.3 Å². The van der Waals surface area contributed by atoms with Gasteiger partial charge in [0.25, 0.3) is 5.91 Å². The van der Waals surface area contributed by atoms with Crippen LogP contribution in [0.1, 0.15) is 30.1 Å². The Bertz CT molecular complexity index is 408. The first-order valence-electron chi connectivity index (χ1n) is 5.13. The molecule has 1 rings (SSSR count). The molecule has 0 heterocycles. The van der Waals surface area contributed by atoms with Crippen LogP contribution in [-0.4, -0.2) is 18.6 Å². The number of hydrogen-bond acceptors (Lipinski definition) is 3. The highest BCUT2D eigenvalue weighted by molar-refractivity contribution is 5.99. The molecule has 16 heavy (non-hydrogen) atoms. The van der Waals surface area contributed by atoms with Gasteiger partial charge in [0, 0.05) is 0 Å². The Balaban J connectivity index is 2.82. The van der Waals surface area contributed by atoms with Crippen molar-refractivity contribution in [2.45, 2.75) is 19.8 Å². The number of carbonyl (C=O) groups excluding carboxylic acids is 2. The molecule has 0 N–H and O–H groups in total. The van der Waals surface area contributed by atoms with Crippen LogP contribution in [0.3, 0.4) is 0 Å². The maximum atomic E-state index is 11.4. The Kier molecular flexibility index (Phi) is 4.96. The van der Waals surface area contributed by atoms with Crippen LogP contribution < -0.4 is 4.74 Å². The largest absolute Gasteiger partial charge is 0.493 e. The van der Waals surface area contributed by atoms with Gasteiger partial charge in [0.2, 0.25) is 6.08 Å². The molecule has 1 aromatic rings. The standard InChI is InChI=1S/C12H13NO3/c1-2-3-8-16-11-7-5-4-6-10(11)12(15)13-9-14/h4-7H,2-3,8H2,1H3. The Morgan fingerprint density at radius 2 is 2.19 bits per heavy atom. The predicted octanol–water partition coefficient (Wildman–Crippen LogP) is 2.34. The number of aliphatic imine (C=N–C) groups is 1. The SMILES string of the molecule is CCCCOc1ccccc1C(=O)N=C=O. The molecule has 0 aliphatic carbocycles. The molecule has 4 heteroatoms. The minimum atomic E-state index is -0.623. The fourth-order valence-corrected chi connectivity index (χ4v) is 1.20. The van der Waals surface area contributed by atoms with Gasteiger partial charge in [-0.1, -0.05) is 25.5 Å². The molecule has 0 aromatic heterocycles. The lowest BCUT2D eigenvalue weighted by atomic mass is 10.2. The third-order valence-electron chi connectivity index (χ3n) is 2.02. The van der Waals surface area contributed by atoms with E-state index >= 15 is 0 Å².